The van der Waals surface area contributed by atoms with Crippen LogP contribution in [-0.2, 0) is 71.5 Å². The minimum atomic E-state index is -1.51. The molecule has 0 spiro atoms. The van der Waals surface area contributed by atoms with Gasteiger partial charge in [-0.15, -0.1) is 0 Å². The average molecular weight is 1310 g/mol. The number of hydrogen-bond donors (Lipinski definition) is 17. The van der Waals surface area contributed by atoms with Crippen molar-refractivity contribution in [3.63, 3.8) is 0 Å². The van der Waals surface area contributed by atoms with Crippen molar-refractivity contribution in [2.45, 2.75) is 203 Å². The standard InChI is InChI=1S/C59H106N8O24/c1-35(71)64-49-41(25-38(28-68)52(79)55(49)82)88-19-8-16-60-45(75)13-22-85-31-59(67-48(78)12-7-11-44(74)63-34-91-58(4,5)6,32-86-23-14-46(76)61-17-9-20-89-42-26-39(29-69)53(80)56(83)50(42)65-36(2)72)33-87-24-15-47(77)62-18-10-21-90-43-27-40(30-70)54(81)57(84)51(43)66-37(3)73/h38-43,49-57,68-70,79-84H,7-34H2,1-6H3,(H,60,75)(H,61,76)(H,62,77)(H,63,74)(H,64,71)(H,65,72)(H,66,73)(H,67,78)/t38?,39?,40?,41-,42-,43-,49?,50?,51?,52+,53+,54+,55-,56-,57-,59?/m1/s1. The van der Waals surface area contributed by atoms with Gasteiger partial charge in [-0.3, -0.25) is 38.4 Å². The SMILES string of the molecule is CC(=O)NC1[C@@H](O)[C@@H](O)C(CO)C[C@H]1OCCCNC(=O)CCOCC(COCCC(=O)NCCCO[C@@H]1CC(CO)[C@H](O)[C@H](O)C1NC(C)=O)(COCCC(=O)NCCCO[C@@H]1CC(CO)[C@H](O)[C@H](O)C1NC(C)=O)NC(=O)CCCC(=O)NCOC(C)(C)C. The van der Waals surface area contributed by atoms with Crippen LogP contribution >= 0.6 is 0 Å². The summed E-state index contributed by atoms with van der Waals surface area (Å²) in [6.07, 6.45) is -9.25. The lowest BCUT2D eigenvalue weighted by atomic mass is 9.79. The van der Waals surface area contributed by atoms with Gasteiger partial charge in [0.1, 0.15) is 30.6 Å². The lowest BCUT2D eigenvalue weighted by Gasteiger charge is -2.42. The van der Waals surface area contributed by atoms with E-state index in [4.69, 9.17) is 33.2 Å². The molecule has 3 aliphatic carbocycles. The Hall–Kier alpha value is -4.88. The maximum absolute atomic E-state index is 13.8. The molecule has 0 bridgehead atoms. The first kappa shape index (κ1) is 80.4. The molecule has 0 radical (unpaired) electrons. The number of aliphatic hydroxyl groups excluding tert-OH is 9. The highest BCUT2D eigenvalue weighted by Crippen LogP contribution is 2.31. The second-order valence-electron chi connectivity index (χ2n) is 24.6. The van der Waals surface area contributed by atoms with Crippen molar-refractivity contribution in [1.29, 1.82) is 0 Å². The van der Waals surface area contributed by atoms with Crippen LogP contribution in [0.25, 0.3) is 0 Å². The van der Waals surface area contributed by atoms with Gasteiger partial charge in [-0.25, -0.2) is 0 Å². The van der Waals surface area contributed by atoms with Gasteiger partial charge in [0.05, 0.1) is 100.0 Å². The monoisotopic (exact) mass is 1310 g/mol. The van der Waals surface area contributed by atoms with Gasteiger partial charge < -0.3 is 122 Å². The quantitative estimate of drug-likeness (QED) is 0.0200. The van der Waals surface area contributed by atoms with Crippen molar-refractivity contribution in [3.05, 3.63) is 0 Å². The summed E-state index contributed by atoms with van der Waals surface area (Å²) < 4.78 is 41.5. The third kappa shape index (κ3) is 30.4. The van der Waals surface area contributed by atoms with Crippen LogP contribution in [0, 0.1) is 17.8 Å². The van der Waals surface area contributed by atoms with Gasteiger partial charge in [0.25, 0.3) is 0 Å². The predicted molar refractivity (Wildman–Crippen MR) is 321 cm³/mol. The molecule has 0 aliphatic heterocycles. The second kappa shape index (κ2) is 42.4. The Balaban J connectivity index is 1.67. The Bertz CT molecular complexity index is 2010. The minimum Gasteiger partial charge on any atom is -0.396 e. The molecule has 17 N–H and O–H groups in total. The Morgan fingerprint density at radius 2 is 0.714 bits per heavy atom. The number of ether oxygens (including phenoxy) is 7. The van der Waals surface area contributed by atoms with Gasteiger partial charge in [0, 0.05) is 130 Å². The van der Waals surface area contributed by atoms with Gasteiger partial charge in [0.15, 0.2) is 0 Å². The van der Waals surface area contributed by atoms with E-state index in [1.165, 1.54) is 20.8 Å². The van der Waals surface area contributed by atoms with Crippen LogP contribution in [0.3, 0.4) is 0 Å². The predicted octanol–water partition coefficient (Wildman–Crippen LogP) is -5.49. The summed E-state index contributed by atoms with van der Waals surface area (Å²) in [6, 6.07) is -2.79. The zero-order chi connectivity index (χ0) is 67.7. The number of rotatable bonds is 43. The number of amides is 8. The summed E-state index contributed by atoms with van der Waals surface area (Å²) in [6.45, 7) is 7.30. The molecule has 0 aromatic carbocycles. The van der Waals surface area contributed by atoms with Crippen molar-refractivity contribution < 1.29 is 117 Å². The largest absolute Gasteiger partial charge is 0.396 e. The normalized spacial score (nSPS) is 27.4. The van der Waals surface area contributed by atoms with E-state index in [9.17, 15) is 84.3 Å². The van der Waals surface area contributed by atoms with Crippen LogP contribution in [-0.4, -0.2) is 283 Å². The maximum Gasteiger partial charge on any atom is 0.222 e. The molecule has 3 aliphatic rings. The Morgan fingerprint density at radius 1 is 0.407 bits per heavy atom. The molecule has 526 valence electrons. The summed E-state index contributed by atoms with van der Waals surface area (Å²) in [7, 11) is 0. The van der Waals surface area contributed by atoms with Gasteiger partial charge in [-0.1, -0.05) is 0 Å². The van der Waals surface area contributed by atoms with E-state index >= 15 is 0 Å². The summed E-state index contributed by atoms with van der Waals surface area (Å²) in [5, 5.41) is 114. The van der Waals surface area contributed by atoms with Crippen LogP contribution in [0.2, 0.25) is 0 Å². The van der Waals surface area contributed by atoms with Crippen LogP contribution in [0.4, 0.5) is 0 Å². The molecule has 8 amide bonds. The lowest BCUT2D eigenvalue weighted by molar-refractivity contribution is -0.142. The number of hydrogen-bond acceptors (Lipinski definition) is 24. The Morgan fingerprint density at radius 3 is 1.01 bits per heavy atom. The summed E-state index contributed by atoms with van der Waals surface area (Å²) >= 11 is 0. The van der Waals surface area contributed by atoms with Crippen LogP contribution in [0.5, 0.6) is 0 Å². The summed E-state index contributed by atoms with van der Waals surface area (Å²) in [5.41, 5.74) is -2.02. The van der Waals surface area contributed by atoms with E-state index < -0.39 is 163 Å². The number of carbonyl (C=O) groups excluding carboxylic acids is 8. The molecule has 6 unspecified atom stereocenters. The minimum absolute atomic E-state index is 0.0258. The van der Waals surface area contributed by atoms with Gasteiger partial charge in [-0.05, 0) is 65.7 Å². The van der Waals surface area contributed by atoms with Crippen molar-refractivity contribution in [1.82, 2.24) is 42.5 Å². The zero-order valence-corrected chi connectivity index (χ0v) is 53.6. The van der Waals surface area contributed by atoms with E-state index in [0.29, 0.717) is 19.3 Å². The third-order valence-electron chi connectivity index (χ3n) is 15.7. The fraction of sp³-hybridized carbons (Fsp3) is 0.864. The van der Waals surface area contributed by atoms with Crippen LogP contribution < -0.4 is 42.5 Å². The highest BCUT2D eigenvalue weighted by Gasteiger charge is 2.47. The van der Waals surface area contributed by atoms with E-state index in [2.05, 4.69) is 42.5 Å². The average Bonchev–Trinajstić information content (AvgIpc) is 0.896. The molecule has 0 heterocycles. The van der Waals surface area contributed by atoms with E-state index in [-0.39, 0.29) is 150 Å². The molecule has 0 saturated heterocycles. The Kier molecular flexibility index (Phi) is 37.5. The fourth-order valence-corrected chi connectivity index (χ4v) is 10.8. The van der Waals surface area contributed by atoms with Gasteiger partial charge >= 0.3 is 0 Å². The summed E-state index contributed by atoms with van der Waals surface area (Å²) in [4.78, 5) is 101. The zero-order valence-electron chi connectivity index (χ0n) is 53.6. The molecular weight excluding hydrogens is 1200 g/mol. The highest BCUT2D eigenvalue weighted by molar-refractivity contribution is 5.80. The van der Waals surface area contributed by atoms with Gasteiger partial charge in [-0.2, -0.15) is 0 Å². The molecule has 32 heteroatoms. The smallest absolute Gasteiger partial charge is 0.222 e. The first-order chi connectivity index (χ1) is 43.1. The van der Waals surface area contributed by atoms with Crippen molar-refractivity contribution >= 4 is 47.3 Å². The maximum atomic E-state index is 13.8. The second-order valence-corrected chi connectivity index (χ2v) is 24.6. The number of carbonyl (C=O) groups is 8. The van der Waals surface area contributed by atoms with Crippen molar-refractivity contribution in [2.75, 3.05) is 106 Å². The molecule has 15 atom stereocenters. The van der Waals surface area contributed by atoms with E-state index in [1.807, 2.05) is 20.8 Å². The summed E-state index contributed by atoms with van der Waals surface area (Å²) in [5.74, 6) is -5.52. The van der Waals surface area contributed by atoms with E-state index in [1.54, 1.807) is 0 Å². The number of nitrogens with one attached hydrogen (secondary N) is 8. The van der Waals surface area contributed by atoms with Crippen LogP contribution in [0.15, 0.2) is 0 Å². The van der Waals surface area contributed by atoms with Crippen molar-refractivity contribution in [3.8, 4) is 0 Å². The number of aliphatic hydroxyl groups is 9. The highest BCUT2D eigenvalue weighted by atomic mass is 16.5. The molecule has 91 heavy (non-hydrogen) atoms. The molecule has 3 rings (SSSR count). The third-order valence-corrected chi connectivity index (χ3v) is 15.7. The van der Waals surface area contributed by atoms with Gasteiger partial charge in [0.2, 0.25) is 47.3 Å². The first-order valence-electron chi connectivity index (χ1n) is 31.5. The molecule has 3 saturated carbocycles. The molecule has 0 aromatic rings. The topological polar surface area (TPSA) is 479 Å². The van der Waals surface area contributed by atoms with E-state index in [0.717, 1.165) is 0 Å². The molecule has 0 aromatic heterocycles. The fourth-order valence-electron chi connectivity index (χ4n) is 10.8. The first-order valence-corrected chi connectivity index (χ1v) is 31.5. The molecular formula is C59H106N8O24. The lowest BCUT2D eigenvalue weighted by Crippen LogP contribution is -2.61. The van der Waals surface area contributed by atoms with Crippen molar-refractivity contribution in [2.24, 2.45) is 17.8 Å². The van der Waals surface area contributed by atoms with Crippen LogP contribution in [0.1, 0.15) is 119 Å². The molecule has 32 nitrogen and oxygen atoms in total. The Labute approximate surface area is 532 Å². The molecule has 3 fully saturated rings.